The molecule has 0 fully saturated rings. The molecule has 0 aliphatic carbocycles. The standard InChI is InChI=1S/C23H30N2O3/c1-16(2)13-14-28-20-12-7-6-11-19(20)21(26)24-17-9-8-10-18(15-17)25-22(27)23(3,4)5/h6-12,15-16H,13-14H2,1-5H3,(H,24,26)(H,25,27). The molecular weight excluding hydrogens is 352 g/mol. The lowest BCUT2D eigenvalue weighted by atomic mass is 9.95. The van der Waals surface area contributed by atoms with E-state index >= 15 is 0 Å². The Morgan fingerprint density at radius 3 is 2.25 bits per heavy atom. The number of anilines is 2. The molecule has 5 nitrogen and oxygen atoms in total. The molecule has 0 radical (unpaired) electrons. The second-order valence-electron chi connectivity index (χ2n) is 8.27. The van der Waals surface area contributed by atoms with Crippen LogP contribution in [-0.4, -0.2) is 18.4 Å². The predicted molar refractivity (Wildman–Crippen MR) is 114 cm³/mol. The van der Waals surface area contributed by atoms with E-state index in [1.807, 2.05) is 32.9 Å². The number of nitrogens with one attached hydrogen (secondary N) is 2. The highest BCUT2D eigenvalue weighted by Crippen LogP contribution is 2.23. The van der Waals surface area contributed by atoms with Crippen LogP contribution in [0.3, 0.4) is 0 Å². The van der Waals surface area contributed by atoms with Crippen molar-refractivity contribution < 1.29 is 14.3 Å². The molecular formula is C23H30N2O3. The Morgan fingerprint density at radius 1 is 0.964 bits per heavy atom. The zero-order valence-corrected chi connectivity index (χ0v) is 17.3. The van der Waals surface area contributed by atoms with E-state index in [0.29, 0.717) is 35.2 Å². The van der Waals surface area contributed by atoms with Crippen LogP contribution < -0.4 is 15.4 Å². The fourth-order valence-corrected chi connectivity index (χ4v) is 2.38. The first kappa shape index (κ1) is 21.5. The van der Waals surface area contributed by atoms with Crippen molar-refractivity contribution in [2.24, 2.45) is 11.3 Å². The quantitative estimate of drug-likeness (QED) is 0.678. The highest BCUT2D eigenvalue weighted by Gasteiger charge is 2.21. The first-order valence-corrected chi connectivity index (χ1v) is 9.61. The number of benzene rings is 2. The molecule has 0 aliphatic rings. The van der Waals surface area contributed by atoms with Gasteiger partial charge >= 0.3 is 0 Å². The van der Waals surface area contributed by atoms with Crippen molar-refractivity contribution in [3.8, 4) is 5.75 Å². The summed E-state index contributed by atoms with van der Waals surface area (Å²) in [5.74, 6) is 0.768. The van der Waals surface area contributed by atoms with Gasteiger partial charge in [0.1, 0.15) is 5.75 Å². The van der Waals surface area contributed by atoms with Crippen molar-refractivity contribution in [3.63, 3.8) is 0 Å². The number of carbonyl (C=O) groups is 2. The van der Waals surface area contributed by atoms with E-state index in [4.69, 9.17) is 4.74 Å². The van der Waals surface area contributed by atoms with Crippen LogP contribution in [0.5, 0.6) is 5.75 Å². The Balaban J connectivity index is 2.09. The molecule has 2 rings (SSSR count). The summed E-state index contributed by atoms with van der Waals surface area (Å²) in [6.45, 7) is 10.4. The van der Waals surface area contributed by atoms with Gasteiger partial charge in [0.05, 0.1) is 12.2 Å². The van der Waals surface area contributed by atoms with Crippen LogP contribution in [0.25, 0.3) is 0 Å². The molecule has 2 amide bonds. The molecule has 0 aliphatic heterocycles. The fourth-order valence-electron chi connectivity index (χ4n) is 2.38. The molecule has 150 valence electrons. The van der Waals surface area contributed by atoms with Crippen molar-refractivity contribution in [3.05, 3.63) is 54.1 Å². The van der Waals surface area contributed by atoms with Gasteiger partial charge in [0.15, 0.2) is 0 Å². The monoisotopic (exact) mass is 382 g/mol. The Labute approximate surface area is 167 Å². The maximum absolute atomic E-state index is 12.7. The third-order valence-electron chi connectivity index (χ3n) is 4.14. The van der Waals surface area contributed by atoms with Crippen LogP contribution in [-0.2, 0) is 4.79 Å². The van der Waals surface area contributed by atoms with Gasteiger partial charge in [-0.15, -0.1) is 0 Å². The van der Waals surface area contributed by atoms with Gasteiger partial charge in [0.2, 0.25) is 5.91 Å². The summed E-state index contributed by atoms with van der Waals surface area (Å²) in [5, 5.41) is 5.75. The number of rotatable bonds is 7. The highest BCUT2D eigenvalue weighted by molar-refractivity contribution is 6.06. The largest absolute Gasteiger partial charge is 0.493 e. The second kappa shape index (κ2) is 9.40. The predicted octanol–water partition coefficient (Wildman–Crippen LogP) is 5.35. The van der Waals surface area contributed by atoms with Gasteiger partial charge in [-0.3, -0.25) is 9.59 Å². The lowest BCUT2D eigenvalue weighted by molar-refractivity contribution is -0.123. The Morgan fingerprint density at radius 2 is 1.61 bits per heavy atom. The Bertz CT molecular complexity index is 823. The lowest BCUT2D eigenvalue weighted by Gasteiger charge is -2.18. The summed E-state index contributed by atoms with van der Waals surface area (Å²) in [4.78, 5) is 24.9. The summed E-state index contributed by atoms with van der Waals surface area (Å²) in [5.41, 5.74) is 1.23. The van der Waals surface area contributed by atoms with Gasteiger partial charge in [-0.25, -0.2) is 0 Å². The SMILES string of the molecule is CC(C)CCOc1ccccc1C(=O)Nc1cccc(NC(=O)C(C)(C)C)c1. The molecule has 0 aromatic heterocycles. The van der Waals surface area contributed by atoms with Crippen molar-refractivity contribution in [1.82, 2.24) is 0 Å². The normalized spacial score (nSPS) is 11.2. The van der Waals surface area contributed by atoms with E-state index in [2.05, 4.69) is 24.5 Å². The van der Waals surface area contributed by atoms with Crippen LogP contribution in [0.2, 0.25) is 0 Å². The van der Waals surface area contributed by atoms with E-state index in [1.165, 1.54) is 0 Å². The third kappa shape index (κ3) is 6.41. The van der Waals surface area contributed by atoms with Crippen LogP contribution in [0.1, 0.15) is 51.4 Å². The number of para-hydroxylation sites is 1. The van der Waals surface area contributed by atoms with E-state index in [-0.39, 0.29) is 11.8 Å². The molecule has 0 atom stereocenters. The molecule has 0 spiro atoms. The van der Waals surface area contributed by atoms with Crippen molar-refractivity contribution in [1.29, 1.82) is 0 Å². The minimum absolute atomic E-state index is 0.0834. The molecule has 28 heavy (non-hydrogen) atoms. The molecule has 0 heterocycles. The Kier molecular flexibility index (Phi) is 7.21. The van der Waals surface area contributed by atoms with Gasteiger partial charge < -0.3 is 15.4 Å². The minimum atomic E-state index is -0.495. The highest BCUT2D eigenvalue weighted by atomic mass is 16.5. The summed E-state index contributed by atoms with van der Waals surface area (Å²) in [7, 11) is 0. The van der Waals surface area contributed by atoms with Crippen LogP contribution in [0.15, 0.2) is 48.5 Å². The molecule has 5 heteroatoms. The van der Waals surface area contributed by atoms with E-state index < -0.39 is 5.41 Å². The average molecular weight is 383 g/mol. The lowest BCUT2D eigenvalue weighted by Crippen LogP contribution is -2.27. The number of hydrogen-bond acceptors (Lipinski definition) is 3. The molecule has 0 saturated heterocycles. The van der Waals surface area contributed by atoms with E-state index in [0.717, 1.165) is 6.42 Å². The smallest absolute Gasteiger partial charge is 0.259 e. The fraction of sp³-hybridized carbons (Fsp3) is 0.391. The van der Waals surface area contributed by atoms with Crippen molar-refractivity contribution in [2.75, 3.05) is 17.2 Å². The van der Waals surface area contributed by atoms with Gasteiger partial charge in [-0.2, -0.15) is 0 Å². The number of hydrogen-bond donors (Lipinski definition) is 2. The average Bonchev–Trinajstić information content (AvgIpc) is 2.61. The van der Waals surface area contributed by atoms with E-state index in [1.54, 1.807) is 36.4 Å². The molecule has 0 unspecified atom stereocenters. The van der Waals surface area contributed by atoms with E-state index in [9.17, 15) is 9.59 Å². The zero-order valence-electron chi connectivity index (χ0n) is 17.3. The summed E-state index contributed by atoms with van der Waals surface area (Å²) in [6, 6.07) is 14.3. The molecule has 2 aromatic carbocycles. The van der Waals surface area contributed by atoms with Gasteiger partial charge in [-0.05, 0) is 42.7 Å². The molecule has 2 N–H and O–H groups in total. The van der Waals surface area contributed by atoms with Crippen LogP contribution >= 0.6 is 0 Å². The van der Waals surface area contributed by atoms with Gasteiger partial charge in [0.25, 0.3) is 5.91 Å². The zero-order chi connectivity index (χ0) is 20.7. The molecule has 0 saturated carbocycles. The van der Waals surface area contributed by atoms with Crippen LogP contribution in [0.4, 0.5) is 11.4 Å². The first-order chi connectivity index (χ1) is 13.2. The molecule has 0 bridgehead atoms. The van der Waals surface area contributed by atoms with Crippen LogP contribution in [0, 0.1) is 11.3 Å². The third-order valence-corrected chi connectivity index (χ3v) is 4.14. The number of amides is 2. The second-order valence-corrected chi connectivity index (χ2v) is 8.27. The topological polar surface area (TPSA) is 67.4 Å². The van der Waals surface area contributed by atoms with Crippen molar-refractivity contribution >= 4 is 23.2 Å². The number of ether oxygens (including phenoxy) is 1. The first-order valence-electron chi connectivity index (χ1n) is 9.61. The minimum Gasteiger partial charge on any atom is -0.493 e. The van der Waals surface area contributed by atoms with Gasteiger partial charge in [-0.1, -0.05) is 52.8 Å². The summed E-state index contributed by atoms with van der Waals surface area (Å²) < 4.78 is 5.80. The van der Waals surface area contributed by atoms with Crippen molar-refractivity contribution in [2.45, 2.75) is 41.0 Å². The molecule has 2 aromatic rings. The number of carbonyl (C=O) groups excluding carboxylic acids is 2. The summed E-state index contributed by atoms with van der Waals surface area (Å²) >= 11 is 0. The van der Waals surface area contributed by atoms with Gasteiger partial charge in [0, 0.05) is 16.8 Å². The summed E-state index contributed by atoms with van der Waals surface area (Å²) in [6.07, 6.45) is 0.922. The maximum atomic E-state index is 12.7. The maximum Gasteiger partial charge on any atom is 0.259 e. The Hall–Kier alpha value is -2.82.